The molecule has 0 aromatic carbocycles. The summed E-state index contributed by atoms with van der Waals surface area (Å²) in [5.74, 6) is -0.279. The summed E-state index contributed by atoms with van der Waals surface area (Å²) in [4.78, 5) is 10.4. The maximum atomic E-state index is 10.4. The fourth-order valence-corrected chi connectivity index (χ4v) is 1.69. The number of nitrogens with two attached hydrogens (primary N) is 1. The van der Waals surface area contributed by atoms with Gasteiger partial charge in [0.05, 0.1) is 6.54 Å². The van der Waals surface area contributed by atoms with Gasteiger partial charge in [0.15, 0.2) is 0 Å². The van der Waals surface area contributed by atoms with Crippen LogP contribution >= 0.6 is 0 Å². The van der Waals surface area contributed by atoms with E-state index in [4.69, 9.17) is 5.73 Å². The molecule has 0 aliphatic rings. The van der Waals surface area contributed by atoms with Crippen molar-refractivity contribution in [3.63, 3.8) is 0 Å². The fraction of sp³-hybridized carbons (Fsp3) is 0.923. The molecule has 4 heteroatoms. The third kappa shape index (κ3) is 15.4. The van der Waals surface area contributed by atoms with E-state index in [1.54, 1.807) is 0 Å². The molecule has 4 nitrogen and oxygen atoms in total. The van der Waals surface area contributed by atoms with Crippen molar-refractivity contribution in [3.05, 3.63) is 0 Å². The van der Waals surface area contributed by atoms with Gasteiger partial charge in [-0.3, -0.25) is 4.79 Å². The van der Waals surface area contributed by atoms with Crippen molar-refractivity contribution in [2.24, 2.45) is 5.73 Å². The van der Waals surface area contributed by atoms with Crippen molar-refractivity contribution < 1.29 is 4.79 Å². The summed E-state index contributed by atoms with van der Waals surface area (Å²) in [6.45, 7) is 5.69. The van der Waals surface area contributed by atoms with E-state index in [0.29, 0.717) is 6.54 Å². The second kappa shape index (κ2) is 13.5. The van der Waals surface area contributed by atoms with Crippen LogP contribution < -0.4 is 16.4 Å². The lowest BCUT2D eigenvalue weighted by molar-refractivity contribution is -0.117. The Labute approximate surface area is 106 Å². The Morgan fingerprint density at radius 1 is 0.882 bits per heavy atom. The molecule has 4 N–H and O–H groups in total. The molecule has 0 heterocycles. The Hall–Kier alpha value is -0.610. The molecule has 102 valence electrons. The first kappa shape index (κ1) is 16.4. The molecule has 1 amide bonds. The molecule has 0 saturated carbocycles. The van der Waals surface area contributed by atoms with E-state index in [1.165, 1.54) is 38.5 Å². The average molecular weight is 243 g/mol. The third-order valence-corrected chi connectivity index (χ3v) is 2.71. The molecule has 0 aliphatic heterocycles. The molecule has 0 aromatic rings. The molecule has 0 rings (SSSR count). The molecule has 17 heavy (non-hydrogen) atoms. The predicted octanol–water partition coefficient (Wildman–Crippen LogP) is 1.40. The summed E-state index contributed by atoms with van der Waals surface area (Å²) in [7, 11) is 0. The summed E-state index contributed by atoms with van der Waals surface area (Å²) in [5, 5.41) is 6.47. The van der Waals surface area contributed by atoms with Crippen LogP contribution in [-0.2, 0) is 4.79 Å². The van der Waals surface area contributed by atoms with Gasteiger partial charge in [0.1, 0.15) is 0 Å². The minimum absolute atomic E-state index is 0.279. The minimum atomic E-state index is -0.279. The van der Waals surface area contributed by atoms with Crippen LogP contribution in [0.5, 0.6) is 0 Å². The van der Waals surface area contributed by atoms with Crippen LogP contribution in [-0.4, -0.2) is 32.1 Å². The number of carbonyl (C=O) groups excluding carboxylic acids is 1. The van der Waals surface area contributed by atoms with E-state index in [9.17, 15) is 4.79 Å². The highest BCUT2D eigenvalue weighted by Gasteiger charge is 1.93. The second-order valence-corrected chi connectivity index (χ2v) is 4.51. The zero-order valence-corrected chi connectivity index (χ0v) is 11.3. The predicted molar refractivity (Wildman–Crippen MR) is 72.9 cm³/mol. The molecule has 0 aromatic heterocycles. The van der Waals surface area contributed by atoms with Crippen LogP contribution in [0.25, 0.3) is 0 Å². The van der Waals surface area contributed by atoms with E-state index >= 15 is 0 Å². The van der Waals surface area contributed by atoms with Gasteiger partial charge in [0.2, 0.25) is 5.91 Å². The zero-order valence-electron chi connectivity index (χ0n) is 11.3. The van der Waals surface area contributed by atoms with Crippen LogP contribution in [0.3, 0.4) is 0 Å². The van der Waals surface area contributed by atoms with Gasteiger partial charge in [-0.15, -0.1) is 0 Å². The fourth-order valence-electron chi connectivity index (χ4n) is 1.69. The summed E-state index contributed by atoms with van der Waals surface area (Å²) >= 11 is 0. The van der Waals surface area contributed by atoms with Crippen molar-refractivity contribution in [1.82, 2.24) is 10.6 Å². The van der Waals surface area contributed by atoms with E-state index in [1.807, 2.05) is 0 Å². The number of hydrogen-bond donors (Lipinski definition) is 3. The van der Waals surface area contributed by atoms with E-state index in [2.05, 4.69) is 17.6 Å². The quantitative estimate of drug-likeness (QED) is 0.428. The first-order valence-electron chi connectivity index (χ1n) is 6.97. The lowest BCUT2D eigenvalue weighted by Gasteiger charge is -2.05. The zero-order chi connectivity index (χ0) is 12.8. The largest absolute Gasteiger partial charge is 0.369 e. The normalized spacial score (nSPS) is 10.6. The molecule has 0 spiro atoms. The van der Waals surface area contributed by atoms with E-state index in [-0.39, 0.29) is 5.91 Å². The molecule has 0 fully saturated rings. The Balaban J connectivity index is 2.91. The van der Waals surface area contributed by atoms with Gasteiger partial charge < -0.3 is 16.4 Å². The molecule has 0 bridgehead atoms. The van der Waals surface area contributed by atoms with E-state index in [0.717, 1.165) is 26.1 Å². The monoisotopic (exact) mass is 243 g/mol. The maximum Gasteiger partial charge on any atom is 0.231 e. The molecular formula is C13H29N3O. The van der Waals surface area contributed by atoms with Crippen LogP contribution in [0.2, 0.25) is 0 Å². The maximum absolute atomic E-state index is 10.4. The van der Waals surface area contributed by atoms with Gasteiger partial charge in [-0.1, -0.05) is 32.6 Å². The number of carbonyl (C=O) groups is 1. The van der Waals surface area contributed by atoms with Gasteiger partial charge in [0, 0.05) is 0 Å². The summed E-state index contributed by atoms with van der Waals surface area (Å²) in [6, 6.07) is 0. The molecule has 0 radical (unpaired) electrons. The van der Waals surface area contributed by atoms with Crippen molar-refractivity contribution >= 4 is 5.91 Å². The summed E-state index contributed by atoms with van der Waals surface area (Å²) < 4.78 is 0. The SMILES string of the molecule is CCCCCCNCCCCCNCC(N)=O. The number of rotatable bonds is 13. The van der Waals surface area contributed by atoms with Gasteiger partial charge in [0.25, 0.3) is 0 Å². The van der Waals surface area contributed by atoms with E-state index < -0.39 is 0 Å². The van der Waals surface area contributed by atoms with Gasteiger partial charge in [-0.2, -0.15) is 0 Å². The van der Waals surface area contributed by atoms with Crippen molar-refractivity contribution in [1.29, 1.82) is 0 Å². The molecule has 0 atom stereocenters. The topological polar surface area (TPSA) is 67.2 Å². The number of unbranched alkanes of at least 4 members (excludes halogenated alkanes) is 5. The van der Waals surface area contributed by atoms with Gasteiger partial charge in [-0.05, 0) is 38.9 Å². The minimum Gasteiger partial charge on any atom is -0.369 e. The average Bonchev–Trinajstić information content (AvgIpc) is 2.30. The lowest BCUT2D eigenvalue weighted by atomic mass is 10.2. The Bertz CT molecular complexity index is 174. The first-order valence-corrected chi connectivity index (χ1v) is 6.97. The summed E-state index contributed by atoms with van der Waals surface area (Å²) in [5.41, 5.74) is 5.01. The highest BCUT2D eigenvalue weighted by molar-refractivity contribution is 5.75. The molecule has 0 aliphatic carbocycles. The number of hydrogen-bond acceptors (Lipinski definition) is 3. The van der Waals surface area contributed by atoms with Crippen molar-refractivity contribution in [3.8, 4) is 0 Å². The first-order chi connectivity index (χ1) is 8.27. The van der Waals surface area contributed by atoms with Crippen LogP contribution in [0, 0.1) is 0 Å². The van der Waals surface area contributed by atoms with Crippen LogP contribution in [0.15, 0.2) is 0 Å². The Morgan fingerprint density at radius 3 is 1.94 bits per heavy atom. The van der Waals surface area contributed by atoms with Crippen molar-refractivity contribution in [2.75, 3.05) is 26.2 Å². The lowest BCUT2D eigenvalue weighted by Crippen LogP contribution is -2.29. The molecule has 0 unspecified atom stereocenters. The second-order valence-electron chi connectivity index (χ2n) is 4.51. The Morgan fingerprint density at radius 2 is 1.41 bits per heavy atom. The van der Waals surface area contributed by atoms with Gasteiger partial charge >= 0.3 is 0 Å². The number of amides is 1. The van der Waals surface area contributed by atoms with Crippen molar-refractivity contribution in [2.45, 2.75) is 51.9 Å². The number of primary amides is 1. The highest BCUT2D eigenvalue weighted by Crippen LogP contribution is 1.97. The smallest absolute Gasteiger partial charge is 0.231 e. The van der Waals surface area contributed by atoms with Crippen LogP contribution in [0.4, 0.5) is 0 Å². The number of nitrogens with one attached hydrogen (secondary N) is 2. The molecular weight excluding hydrogens is 214 g/mol. The third-order valence-electron chi connectivity index (χ3n) is 2.71. The molecule has 0 saturated heterocycles. The standard InChI is InChI=1S/C13H29N3O/c1-2-3-4-6-9-15-10-7-5-8-11-16-12-13(14)17/h15-16H,2-12H2,1H3,(H2,14,17). The summed E-state index contributed by atoms with van der Waals surface area (Å²) in [6.07, 6.45) is 8.84. The van der Waals surface area contributed by atoms with Crippen LogP contribution in [0.1, 0.15) is 51.9 Å². The highest BCUT2D eigenvalue weighted by atomic mass is 16.1. The Kier molecular flexibility index (Phi) is 13.0. The van der Waals surface area contributed by atoms with Gasteiger partial charge in [-0.25, -0.2) is 0 Å².